The summed E-state index contributed by atoms with van der Waals surface area (Å²) in [7, 11) is -4.46. The fourth-order valence-electron chi connectivity index (χ4n) is 1.29. The van der Waals surface area contributed by atoms with Crippen molar-refractivity contribution >= 4 is 15.7 Å². The molecular weight excluding hydrogens is 298 g/mol. The van der Waals surface area contributed by atoms with Crippen molar-refractivity contribution in [2.24, 2.45) is 0 Å². The molecule has 8 nitrogen and oxygen atoms in total. The van der Waals surface area contributed by atoms with Gasteiger partial charge in [-0.15, -0.1) is 0 Å². The number of rotatable bonds is 3. The van der Waals surface area contributed by atoms with Crippen molar-refractivity contribution in [2.45, 2.75) is 4.90 Å². The number of H-pyrrole nitrogens is 2. The Bertz CT molecular complexity index is 874. The highest BCUT2D eigenvalue weighted by Crippen LogP contribution is 2.15. The SMILES string of the molecule is O=c1[nH]cc(S(=O)(=O)Nc2ccc(F)nc2F)c(=O)[nH]1. The summed E-state index contributed by atoms with van der Waals surface area (Å²) in [6.07, 6.45) is 0.651. The third-order valence-corrected chi connectivity index (χ3v) is 3.50. The third-order valence-electron chi connectivity index (χ3n) is 2.13. The molecule has 20 heavy (non-hydrogen) atoms. The average Bonchev–Trinajstić information content (AvgIpc) is 2.32. The van der Waals surface area contributed by atoms with Crippen LogP contribution < -0.4 is 16.0 Å². The zero-order valence-corrected chi connectivity index (χ0v) is 10.3. The van der Waals surface area contributed by atoms with E-state index in [0.29, 0.717) is 6.20 Å². The molecule has 0 atom stereocenters. The third kappa shape index (κ3) is 2.71. The molecule has 0 saturated carbocycles. The molecular formula is C9H6F2N4O4S. The summed E-state index contributed by atoms with van der Waals surface area (Å²) in [5.41, 5.74) is -2.72. The molecule has 11 heteroatoms. The maximum absolute atomic E-state index is 13.2. The molecule has 0 radical (unpaired) electrons. The number of nitrogens with one attached hydrogen (secondary N) is 3. The van der Waals surface area contributed by atoms with Gasteiger partial charge in [-0.1, -0.05) is 0 Å². The van der Waals surface area contributed by atoms with Gasteiger partial charge in [-0.25, -0.2) is 13.2 Å². The van der Waals surface area contributed by atoms with E-state index < -0.39 is 43.8 Å². The molecule has 0 fully saturated rings. The molecule has 0 unspecified atom stereocenters. The number of hydrogen-bond donors (Lipinski definition) is 3. The van der Waals surface area contributed by atoms with Gasteiger partial charge in [0.05, 0.1) is 0 Å². The summed E-state index contributed by atoms with van der Waals surface area (Å²) in [6.45, 7) is 0. The summed E-state index contributed by atoms with van der Waals surface area (Å²) < 4.78 is 51.2. The van der Waals surface area contributed by atoms with Gasteiger partial charge in [0, 0.05) is 6.20 Å². The molecule has 2 aromatic heterocycles. The average molecular weight is 304 g/mol. The van der Waals surface area contributed by atoms with Crippen molar-refractivity contribution < 1.29 is 17.2 Å². The van der Waals surface area contributed by atoms with Crippen LogP contribution in [0.4, 0.5) is 14.5 Å². The van der Waals surface area contributed by atoms with Gasteiger partial charge in [0.25, 0.3) is 15.6 Å². The minimum atomic E-state index is -4.46. The Kier molecular flexibility index (Phi) is 3.36. The predicted molar refractivity (Wildman–Crippen MR) is 62.6 cm³/mol. The van der Waals surface area contributed by atoms with Crippen molar-refractivity contribution in [3.63, 3.8) is 0 Å². The number of aromatic nitrogens is 3. The molecule has 3 N–H and O–H groups in total. The van der Waals surface area contributed by atoms with E-state index in [0.717, 1.165) is 12.1 Å². The van der Waals surface area contributed by atoms with Crippen LogP contribution in [-0.4, -0.2) is 23.4 Å². The second kappa shape index (κ2) is 4.85. The van der Waals surface area contributed by atoms with Gasteiger partial charge in [0.1, 0.15) is 5.69 Å². The molecule has 0 spiro atoms. The molecule has 0 aliphatic carbocycles. The van der Waals surface area contributed by atoms with E-state index in [4.69, 9.17) is 0 Å². The first-order valence-electron chi connectivity index (χ1n) is 4.96. The van der Waals surface area contributed by atoms with Crippen molar-refractivity contribution in [3.05, 3.63) is 51.1 Å². The van der Waals surface area contributed by atoms with E-state index in [1.807, 2.05) is 4.98 Å². The van der Waals surface area contributed by atoms with E-state index in [-0.39, 0.29) is 0 Å². The monoisotopic (exact) mass is 304 g/mol. The fraction of sp³-hybridized carbons (Fsp3) is 0. The van der Waals surface area contributed by atoms with Crippen molar-refractivity contribution in [3.8, 4) is 0 Å². The van der Waals surface area contributed by atoms with Gasteiger partial charge in [-0.2, -0.15) is 13.8 Å². The predicted octanol–water partition coefficient (Wildman–Crippen LogP) is -0.463. The molecule has 2 heterocycles. The highest BCUT2D eigenvalue weighted by atomic mass is 32.2. The summed E-state index contributed by atoms with van der Waals surface area (Å²) in [4.78, 5) is 27.7. The smallest absolute Gasteiger partial charge is 0.313 e. The number of aromatic amines is 2. The quantitative estimate of drug-likeness (QED) is 0.662. The molecule has 0 aliphatic rings. The Balaban J connectivity index is 2.46. The number of hydrogen-bond acceptors (Lipinski definition) is 5. The molecule has 2 aromatic rings. The van der Waals surface area contributed by atoms with Crippen LogP contribution in [-0.2, 0) is 10.0 Å². The Morgan fingerprint density at radius 3 is 2.50 bits per heavy atom. The zero-order chi connectivity index (χ0) is 14.9. The fourth-order valence-corrected chi connectivity index (χ4v) is 2.35. The summed E-state index contributed by atoms with van der Waals surface area (Å²) in [5.74, 6) is -2.53. The number of pyridine rings is 1. The van der Waals surface area contributed by atoms with Crippen LogP contribution in [0.15, 0.2) is 32.8 Å². The minimum absolute atomic E-state index is 0.642. The standard InChI is InChI=1S/C9H6F2N4O4S/c10-6-2-1-4(7(11)13-6)15-20(18,19)5-3-12-9(17)14-8(5)16/h1-3,15H,(H2,12,14,16,17). The lowest BCUT2D eigenvalue weighted by atomic mass is 10.4. The number of halogens is 2. The first kappa shape index (κ1) is 13.9. The van der Waals surface area contributed by atoms with Gasteiger partial charge in [-0.05, 0) is 12.1 Å². The van der Waals surface area contributed by atoms with Crippen LogP contribution in [0, 0.1) is 11.9 Å². The molecule has 0 amide bonds. The molecule has 0 aliphatic heterocycles. The molecule has 0 bridgehead atoms. The normalized spacial score (nSPS) is 11.3. The molecule has 0 saturated heterocycles. The first-order valence-corrected chi connectivity index (χ1v) is 6.45. The largest absolute Gasteiger partial charge is 0.325 e. The highest BCUT2D eigenvalue weighted by Gasteiger charge is 2.21. The second-order valence-electron chi connectivity index (χ2n) is 3.51. The number of sulfonamides is 1. The second-order valence-corrected chi connectivity index (χ2v) is 5.16. The summed E-state index contributed by atoms with van der Waals surface area (Å²) in [5, 5.41) is 0. The lowest BCUT2D eigenvalue weighted by Gasteiger charge is -2.07. The summed E-state index contributed by atoms with van der Waals surface area (Å²) >= 11 is 0. The first-order chi connectivity index (χ1) is 9.29. The Morgan fingerprint density at radius 1 is 1.20 bits per heavy atom. The number of nitrogens with zero attached hydrogens (tertiary/aromatic N) is 1. The Hall–Kier alpha value is -2.56. The van der Waals surface area contributed by atoms with Crippen LogP contribution in [0.1, 0.15) is 0 Å². The van der Waals surface area contributed by atoms with Gasteiger partial charge in [0.2, 0.25) is 11.9 Å². The van der Waals surface area contributed by atoms with Crippen molar-refractivity contribution in [2.75, 3.05) is 4.72 Å². The van der Waals surface area contributed by atoms with Gasteiger partial charge in [0.15, 0.2) is 4.90 Å². The molecule has 0 aromatic carbocycles. The van der Waals surface area contributed by atoms with Gasteiger partial charge >= 0.3 is 5.69 Å². The number of anilines is 1. The van der Waals surface area contributed by atoms with Crippen LogP contribution in [0.25, 0.3) is 0 Å². The van der Waals surface area contributed by atoms with Crippen LogP contribution in [0.3, 0.4) is 0 Å². The zero-order valence-electron chi connectivity index (χ0n) is 9.48. The topological polar surface area (TPSA) is 125 Å². The Labute approximate surface area is 109 Å². The van der Waals surface area contributed by atoms with Crippen LogP contribution in [0.5, 0.6) is 0 Å². The minimum Gasteiger partial charge on any atom is -0.313 e. The maximum Gasteiger partial charge on any atom is 0.325 e. The maximum atomic E-state index is 13.2. The Morgan fingerprint density at radius 2 is 1.90 bits per heavy atom. The molecule has 2 rings (SSSR count). The lowest BCUT2D eigenvalue weighted by molar-refractivity contribution is 0.515. The van der Waals surface area contributed by atoms with E-state index in [2.05, 4.69) is 4.98 Å². The van der Waals surface area contributed by atoms with E-state index in [1.54, 1.807) is 9.71 Å². The van der Waals surface area contributed by atoms with Gasteiger partial charge in [-0.3, -0.25) is 14.5 Å². The molecule has 106 valence electrons. The van der Waals surface area contributed by atoms with E-state index in [1.165, 1.54) is 0 Å². The van der Waals surface area contributed by atoms with E-state index >= 15 is 0 Å². The van der Waals surface area contributed by atoms with Crippen molar-refractivity contribution in [1.82, 2.24) is 15.0 Å². The van der Waals surface area contributed by atoms with E-state index in [9.17, 15) is 26.8 Å². The van der Waals surface area contributed by atoms with Crippen molar-refractivity contribution in [1.29, 1.82) is 0 Å². The highest BCUT2D eigenvalue weighted by molar-refractivity contribution is 7.92. The van der Waals surface area contributed by atoms with Crippen LogP contribution in [0.2, 0.25) is 0 Å². The van der Waals surface area contributed by atoms with Gasteiger partial charge < -0.3 is 4.98 Å². The summed E-state index contributed by atoms with van der Waals surface area (Å²) in [6, 6.07) is 1.53. The van der Waals surface area contributed by atoms with Crippen LogP contribution >= 0.6 is 0 Å². The lowest BCUT2D eigenvalue weighted by Crippen LogP contribution is -2.29.